The van der Waals surface area contributed by atoms with Gasteiger partial charge in [-0.2, -0.15) is 0 Å². The van der Waals surface area contributed by atoms with Gasteiger partial charge in [-0.05, 0) is 47.0 Å². The molecule has 0 fully saturated rings. The van der Waals surface area contributed by atoms with E-state index in [2.05, 4.69) is 0 Å². The number of fused-ring (bicyclic) bond motifs is 1. The first-order valence-electron chi connectivity index (χ1n) is 7.25. The SMILES string of the molecule is COC(=O)c1ccc(-c2cc(CN)c3cc(CF)ccn23)cc1. The van der Waals surface area contributed by atoms with Gasteiger partial charge in [0.25, 0.3) is 0 Å². The number of nitrogens with two attached hydrogens (primary N) is 1. The molecule has 0 aliphatic heterocycles. The van der Waals surface area contributed by atoms with Crippen molar-refractivity contribution in [3.8, 4) is 11.3 Å². The van der Waals surface area contributed by atoms with Crippen LogP contribution in [0.3, 0.4) is 0 Å². The lowest BCUT2D eigenvalue weighted by molar-refractivity contribution is 0.0601. The molecule has 2 N–H and O–H groups in total. The molecule has 3 aromatic rings. The molecule has 0 aliphatic carbocycles. The monoisotopic (exact) mass is 312 g/mol. The van der Waals surface area contributed by atoms with Crippen molar-refractivity contribution < 1.29 is 13.9 Å². The standard InChI is InChI=1S/C18H17FN2O2/c1-23-18(22)14-4-2-13(3-5-14)17-9-15(11-20)16-8-12(10-19)6-7-21(16)17/h2-9H,10-11,20H2,1H3. The number of rotatable bonds is 4. The molecule has 0 saturated heterocycles. The van der Waals surface area contributed by atoms with Gasteiger partial charge in [0.1, 0.15) is 6.67 Å². The van der Waals surface area contributed by atoms with E-state index in [1.54, 1.807) is 18.2 Å². The van der Waals surface area contributed by atoms with Crippen molar-refractivity contribution in [2.75, 3.05) is 7.11 Å². The number of aromatic nitrogens is 1. The van der Waals surface area contributed by atoms with E-state index in [1.807, 2.05) is 34.9 Å². The molecule has 118 valence electrons. The van der Waals surface area contributed by atoms with Crippen molar-refractivity contribution >= 4 is 11.5 Å². The van der Waals surface area contributed by atoms with Crippen LogP contribution in [-0.2, 0) is 18.0 Å². The number of pyridine rings is 1. The van der Waals surface area contributed by atoms with Crippen LogP contribution in [0.25, 0.3) is 16.8 Å². The average molecular weight is 312 g/mol. The molecule has 2 aromatic heterocycles. The van der Waals surface area contributed by atoms with E-state index in [0.29, 0.717) is 17.7 Å². The van der Waals surface area contributed by atoms with E-state index in [9.17, 15) is 9.18 Å². The largest absolute Gasteiger partial charge is 0.465 e. The summed E-state index contributed by atoms with van der Waals surface area (Å²) in [5.74, 6) is -0.369. The van der Waals surface area contributed by atoms with Crippen molar-refractivity contribution in [2.45, 2.75) is 13.2 Å². The Labute approximate surface area is 133 Å². The molecule has 0 spiro atoms. The van der Waals surface area contributed by atoms with Gasteiger partial charge in [0.05, 0.1) is 23.9 Å². The summed E-state index contributed by atoms with van der Waals surface area (Å²) in [6.07, 6.45) is 1.84. The minimum absolute atomic E-state index is 0.369. The number of halogens is 1. The van der Waals surface area contributed by atoms with Crippen molar-refractivity contribution in [3.63, 3.8) is 0 Å². The van der Waals surface area contributed by atoms with Gasteiger partial charge in [-0.15, -0.1) is 0 Å². The Morgan fingerprint density at radius 3 is 2.57 bits per heavy atom. The van der Waals surface area contributed by atoms with E-state index in [1.165, 1.54) is 7.11 Å². The average Bonchev–Trinajstić information content (AvgIpc) is 2.99. The highest BCUT2D eigenvalue weighted by Crippen LogP contribution is 2.27. The Morgan fingerprint density at radius 2 is 1.96 bits per heavy atom. The Bertz CT molecular complexity index is 853. The van der Waals surface area contributed by atoms with Crippen molar-refractivity contribution in [2.24, 2.45) is 5.73 Å². The number of hydrogen-bond acceptors (Lipinski definition) is 3. The molecule has 4 nitrogen and oxygen atoms in total. The summed E-state index contributed by atoms with van der Waals surface area (Å²) in [5.41, 5.74) is 10.7. The molecule has 3 rings (SSSR count). The first kappa shape index (κ1) is 15.2. The highest BCUT2D eigenvalue weighted by Gasteiger charge is 2.12. The lowest BCUT2D eigenvalue weighted by Crippen LogP contribution is -2.00. The van der Waals surface area contributed by atoms with Crippen LogP contribution in [0, 0.1) is 0 Å². The van der Waals surface area contributed by atoms with Gasteiger partial charge < -0.3 is 14.9 Å². The van der Waals surface area contributed by atoms with E-state index >= 15 is 0 Å². The first-order chi connectivity index (χ1) is 11.2. The fraction of sp³-hybridized carbons (Fsp3) is 0.167. The first-order valence-corrected chi connectivity index (χ1v) is 7.25. The topological polar surface area (TPSA) is 56.7 Å². The van der Waals surface area contributed by atoms with Gasteiger partial charge in [0.15, 0.2) is 0 Å². The minimum atomic E-state index is -0.505. The van der Waals surface area contributed by atoms with E-state index < -0.39 is 6.67 Å². The molecule has 0 aliphatic rings. The van der Waals surface area contributed by atoms with Gasteiger partial charge in [0, 0.05) is 12.7 Å². The molecule has 0 bridgehead atoms. The maximum atomic E-state index is 12.9. The second-order valence-corrected chi connectivity index (χ2v) is 5.25. The molecule has 0 saturated carbocycles. The predicted octanol–water partition coefficient (Wildman–Crippen LogP) is 3.32. The maximum Gasteiger partial charge on any atom is 0.337 e. The smallest absolute Gasteiger partial charge is 0.337 e. The second kappa shape index (κ2) is 6.22. The summed E-state index contributed by atoms with van der Waals surface area (Å²) in [4.78, 5) is 11.5. The number of carbonyl (C=O) groups excluding carboxylic acids is 1. The fourth-order valence-electron chi connectivity index (χ4n) is 2.67. The Kier molecular flexibility index (Phi) is 4.12. The molecule has 0 unspecified atom stereocenters. The third-order valence-corrected chi connectivity index (χ3v) is 3.89. The number of ether oxygens (including phenoxy) is 1. The molecule has 23 heavy (non-hydrogen) atoms. The molecular weight excluding hydrogens is 295 g/mol. The van der Waals surface area contributed by atoms with Crippen molar-refractivity contribution in [1.82, 2.24) is 4.40 Å². The Hall–Kier alpha value is -2.66. The molecule has 1 aromatic carbocycles. The predicted molar refractivity (Wildman–Crippen MR) is 86.9 cm³/mol. The number of alkyl halides is 1. The molecule has 2 heterocycles. The van der Waals surface area contributed by atoms with Crippen LogP contribution in [0.15, 0.2) is 48.7 Å². The van der Waals surface area contributed by atoms with E-state index in [4.69, 9.17) is 10.5 Å². The second-order valence-electron chi connectivity index (χ2n) is 5.25. The number of carbonyl (C=O) groups is 1. The van der Waals surface area contributed by atoms with Crippen molar-refractivity contribution in [1.29, 1.82) is 0 Å². The van der Waals surface area contributed by atoms with Gasteiger partial charge in [-0.1, -0.05) is 12.1 Å². The summed E-state index contributed by atoms with van der Waals surface area (Å²) >= 11 is 0. The van der Waals surface area contributed by atoms with Crippen LogP contribution >= 0.6 is 0 Å². The summed E-state index contributed by atoms with van der Waals surface area (Å²) in [6.45, 7) is -0.131. The number of nitrogens with zero attached hydrogens (tertiary/aromatic N) is 1. The molecule has 0 amide bonds. The van der Waals surface area contributed by atoms with Crippen LogP contribution in [-0.4, -0.2) is 17.5 Å². The number of methoxy groups -OCH3 is 1. The number of hydrogen-bond donors (Lipinski definition) is 1. The van der Waals surface area contributed by atoms with Crippen LogP contribution < -0.4 is 5.73 Å². The highest BCUT2D eigenvalue weighted by atomic mass is 19.1. The van der Waals surface area contributed by atoms with Gasteiger partial charge in [-0.25, -0.2) is 9.18 Å². The lowest BCUT2D eigenvalue weighted by atomic mass is 10.1. The van der Waals surface area contributed by atoms with E-state index in [0.717, 1.165) is 22.3 Å². The zero-order valence-electron chi connectivity index (χ0n) is 12.8. The summed E-state index contributed by atoms with van der Waals surface area (Å²) in [7, 11) is 1.35. The minimum Gasteiger partial charge on any atom is -0.465 e. The summed E-state index contributed by atoms with van der Waals surface area (Å²) in [5, 5.41) is 0. The van der Waals surface area contributed by atoms with Crippen LogP contribution in [0.4, 0.5) is 4.39 Å². The number of benzene rings is 1. The zero-order chi connectivity index (χ0) is 16.4. The number of esters is 1. The summed E-state index contributed by atoms with van der Waals surface area (Å²) < 4.78 is 19.6. The van der Waals surface area contributed by atoms with Gasteiger partial charge >= 0.3 is 5.97 Å². The fourth-order valence-corrected chi connectivity index (χ4v) is 2.67. The molecular formula is C18H17FN2O2. The zero-order valence-corrected chi connectivity index (χ0v) is 12.8. The Morgan fingerprint density at radius 1 is 1.22 bits per heavy atom. The molecule has 0 atom stereocenters. The third-order valence-electron chi connectivity index (χ3n) is 3.89. The van der Waals surface area contributed by atoms with Crippen LogP contribution in [0.2, 0.25) is 0 Å². The summed E-state index contributed by atoms with van der Waals surface area (Å²) in [6, 6.07) is 12.7. The molecule has 0 radical (unpaired) electrons. The Balaban J connectivity index is 2.10. The quantitative estimate of drug-likeness (QED) is 0.752. The molecule has 5 heteroatoms. The van der Waals surface area contributed by atoms with Crippen LogP contribution in [0.5, 0.6) is 0 Å². The van der Waals surface area contributed by atoms with Gasteiger partial charge in [0.2, 0.25) is 0 Å². The highest BCUT2D eigenvalue weighted by molar-refractivity contribution is 5.90. The van der Waals surface area contributed by atoms with Gasteiger partial charge in [-0.3, -0.25) is 0 Å². The van der Waals surface area contributed by atoms with Crippen molar-refractivity contribution in [3.05, 3.63) is 65.4 Å². The lowest BCUT2D eigenvalue weighted by Gasteiger charge is -2.06. The van der Waals surface area contributed by atoms with Crippen LogP contribution in [0.1, 0.15) is 21.5 Å². The van der Waals surface area contributed by atoms with E-state index in [-0.39, 0.29) is 5.97 Å². The third kappa shape index (κ3) is 2.71. The maximum absolute atomic E-state index is 12.9. The normalized spacial score (nSPS) is 10.9.